The van der Waals surface area contributed by atoms with Crippen molar-refractivity contribution in [1.29, 1.82) is 0 Å². The number of carbonyl (C=O) groups is 2. The normalized spacial score (nSPS) is 32.7. The summed E-state index contributed by atoms with van der Waals surface area (Å²) in [4.78, 5) is 23.4. The minimum Gasteiger partial charge on any atom is -0.396 e. The van der Waals surface area contributed by atoms with Crippen molar-refractivity contribution in [3.05, 3.63) is 0 Å². The van der Waals surface area contributed by atoms with E-state index >= 15 is 0 Å². The molecule has 0 aromatic rings. The number of amides is 2. The van der Waals surface area contributed by atoms with E-state index in [4.69, 9.17) is 0 Å². The third kappa shape index (κ3) is 3.22. The van der Waals surface area contributed by atoms with Gasteiger partial charge < -0.3 is 15.7 Å². The summed E-state index contributed by atoms with van der Waals surface area (Å²) in [5, 5.41) is 15.1. The summed E-state index contributed by atoms with van der Waals surface area (Å²) in [6, 6.07) is 0.0845. The number of hydrogen-bond donors (Lipinski definition) is 3. The van der Waals surface area contributed by atoms with Crippen molar-refractivity contribution in [3.8, 4) is 0 Å². The Bertz CT molecular complexity index is 319. The summed E-state index contributed by atoms with van der Waals surface area (Å²) in [5.41, 5.74) is 0. The minimum absolute atomic E-state index is 0.0183. The Morgan fingerprint density at radius 2 is 2.11 bits per heavy atom. The van der Waals surface area contributed by atoms with Gasteiger partial charge in [0.05, 0.1) is 0 Å². The average molecular weight is 254 g/mol. The number of hydrogen-bond acceptors (Lipinski definition) is 3. The zero-order chi connectivity index (χ0) is 13.0. The smallest absolute Gasteiger partial charge is 0.223 e. The van der Waals surface area contributed by atoms with Gasteiger partial charge in [0, 0.05) is 37.5 Å². The Balaban J connectivity index is 1.87. The molecule has 1 aliphatic carbocycles. The molecule has 0 bridgehead atoms. The lowest BCUT2D eigenvalue weighted by atomic mass is 9.84. The molecule has 0 aromatic heterocycles. The number of aliphatic hydroxyl groups excluding tert-OH is 1. The van der Waals surface area contributed by atoms with E-state index in [1.54, 1.807) is 0 Å². The topological polar surface area (TPSA) is 78.4 Å². The monoisotopic (exact) mass is 254 g/mol. The number of piperidine rings is 1. The molecule has 1 aliphatic heterocycles. The van der Waals surface area contributed by atoms with Crippen LogP contribution >= 0.6 is 0 Å². The molecule has 5 heteroatoms. The number of rotatable bonds is 3. The van der Waals surface area contributed by atoms with Gasteiger partial charge in [-0.05, 0) is 19.3 Å². The van der Waals surface area contributed by atoms with Crippen molar-refractivity contribution >= 4 is 11.8 Å². The second-order valence-corrected chi connectivity index (χ2v) is 5.38. The first-order valence-corrected chi connectivity index (χ1v) is 6.88. The van der Waals surface area contributed by atoms with Crippen LogP contribution in [0.15, 0.2) is 0 Å². The first kappa shape index (κ1) is 13.3. The molecule has 1 heterocycles. The lowest BCUT2D eigenvalue weighted by Gasteiger charge is -2.32. The molecule has 0 radical (unpaired) electrons. The molecule has 2 fully saturated rings. The summed E-state index contributed by atoms with van der Waals surface area (Å²) in [5.74, 6) is -0.0703. The summed E-state index contributed by atoms with van der Waals surface area (Å²) in [6.07, 6.45) is 5.16. The fraction of sp³-hybridized carbons (Fsp3) is 0.846. The molecule has 2 rings (SSSR count). The SMILES string of the molecule is O=C1CC(C(=O)NC2CCCCC2CO)CCN1. The van der Waals surface area contributed by atoms with Gasteiger partial charge in [-0.15, -0.1) is 0 Å². The predicted octanol–water partition coefficient (Wildman–Crippen LogP) is 0.180. The summed E-state index contributed by atoms with van der Waals surface area (Å²) < 4.78 is 0. The highest BCUT2D eigenvalue weighted by Gasteiger charge is 2.30. The molecule has 102 valence electrons. The van der Waals surface area contributed by atoms with Gasteiger partial charge in [-0.1, -0.05) is 12.8 Å². The van der Waals surface area contributed by atoms with E-state index in [1.165, 1.54) is 0 Å². The summed E-state index contributed by atoms with van der Waals surface area (Å²) in [6.45, 7) is 0.723. The van der Waals surface area contributed by atoms with Crippen molar-refractivity contribution in [2.45, 2.75) is 44.6 Å². The van der Waals surface area contributed by atoms with Crippen molar-refractivity contribution in [2.75, 3.05) is 13.2 Å². The van der Waals surface area contributed by atoms with Crippen molar-refractivity contribution in [3.63, 3.8) is 0 Å². The highest BCUT2D eigenvalue weighted by atomic mass is 16.3. The molecule has 3 unspecified atom stereocenters. The second-order valence-electron chi connectivity index (χ2n) is 5.38. The zero-order valence-corrected chi connectivity index (χ0v) is 10.7. The van der Waals surface area contributed by atoms with E-state index in [-0.39, 0.29) is 36.3 Å². The number of carbonyl (C=O) groups excluding carboxylic acids is 2. The van der Waals surface area contributed by atoms with Crippen LogP contribution in [0.5, 0.6) is 0 Å². The van der Waals surface area contributed by atoms with E-state index in [0.29, 0.717) is 19.4 Å². The van der Waals surface area contributed by atoms with Crippen LogP contribution in [0.1, 0.15) is 38.5 Å². The van der Waals surface area contributed by atoms with E-state index in [9.17, 15) is 14.7 Å². The first-order chi connectivity index (χ1) is 8.70. The maximum Gasteiger partial charge on any atom is 0.223 e. The van der Waals surface area contributed by atoms with Gasteiger partial charge in [-0.2, -0.15) is 0 Å². The summed E-state index contributed by atoms with van der Waals surface area (Å²) in [7, 11) is 0. The van der Waals surface area contributed by atoms with Gasteiger partial charge in [-0.3, -0.25) is 9.59 Å². The third-order valence-electron chi connectivity index (χ3n) is 4.09. The Hall–Kier alpha value is -1.10. The fourth-order valence-corrected chi connectivity index (χ4v) is 2.92. The Morgan fingerprint density at radius 1 is 1.33 bits per heavy atom. The second kappa shape index (κ2) is 6.18. The Labute approximate surface area is 107 Å². The van der Waals surface area contributed by atoms with Gasteiger partial charge in [0.25, 0.3) is 0 Å². The van der Waals surface area contributed by atoms with Gasteiger partial charge in [0.15, 0.2) is 0 Å². The molecule has 3 atom stereocenters. The van der Waals surface area contributed by atoms with Crippen LogP contribution in [0.3, 0.4) is 0 Å². The van der Waals surface area contributed by atoms with Gasteiger partial charge >= 0.3 is 0 Å². The zero-order valence-electron chi connectivity index (χ0n) is 10.7. The molecular formula is C13H22N2O3. The average Bonchev–Trinajstić information content (AvgIpc) is 2.39. The van der Waals surface area contributed by atoms with E-state index in [0.717, 1.165) is 25.7 Å². The van der Waals surface area contributed by atoms with E-state index in [2.05, 4.69) is 10.6 Å². The highest BCUT2D eigenvalue weighted by Crippen LogP contribution is 2.24. The molecule has 18 heavy (non-hydrogen) atoms. The predicted molar refractivity (Wildman–Crippen MR) is 66.7 cm³/mol. The maximum atomic E-state index is 12.1. The lowest BCUT2D eigenvalue weighted by Crippen LogP contribution is -2.48. The van der Waals surface area contributed by atoms with Crippen LogP contribution in [0.4, 0.5) is 0 Å². The van der Waals surface area contributed by atoms with Crippen LogP contribution in [-0.4, -0.2) is 36.1 Å². The number of aliphatic hydroxyl groups is 1. The lowest BCUT2D eigenvalue weighted by molar-refractivity contribution is -0.133. The van der Waals surface area contributed by atoms with Gasteiger partial charge in [0.2, 0.25) is 11.8 Å². The molecule has 2 aliphatic rings. The largest absolute Gasteiger partial charge is 0.396 e. The van der Waals surface area contributed by atoms with Crippen molar-refractivity contribution in [2.24, 2.45) is 11.8 Å². The molecule has 5 nitrogen and oxygen atoms in total. The fourth-order valence-electron chi connectivity index (χ4n) is 2.92. The Kier molecular flexibility index (Phi) is 4.58. The van der Waals surface area contributed by atoms with E-state index < -0.39 is 0 Å². The van der Waals surface area contributed by atoms with Crippen molar-refractivity contribution in [1.82, 2.24) is 10.6 Å². The van der Waals surface area contributed by atoms with Gasteiger partial charge in [-0.25, -0.2) is 0 Å². The van der Waals surface area contributed by atoms with E-state index in [1.807, 2.05) is 0 Å². The van der Waals surface area contributed by atoms with Crippen LogP contribution < -0.4 is 10.6 Å². The molecule has 1 saturated heterocycles. The van der Waals surface area contributed by atoms with Gasteiger partial charge in [0.1, 0.15) is 0 Å². The maximum absolute atomic E-state index is 12.1. The molecule has 3 N–H and O–H groups in total. The highest BCUT2D eigenvalue weighted by molar-refractivity contribution is 5.87. The van der Waals surface area contributed by atoms with Crippen LogP contribution in [0.25, 0.3) is 0 Å². The number of nitrogens with one attached hydrogen (secondary N) is 2. The standard InChI is InChI=1S/C13H22N2O3/c16-8-10-3-1-2-4-11(10)15-13(18)9-5-6-14-12(17)7-9/h9-11,16H,1-8H2,(H,14,17)(H,15,18). The molecule has 0 aromatic carbocycles. The summed E-state index contributed by atoms with van der Waals surface area (Å²) >= 11 is 0. The van der Waals surface area contributed by atoms with Crippen LogP contribution in [-0.2, 0) is 9.59 Å². The molecular weight excluding hydrogens is 232 g/mol. The Morgan fingerprint density at radius 3 is 2.83 bits per heavy atom. The van der Waals surface area contributed by atoms with Crippen LogP contribution in [0.2, 0.25) is 0 Å². The quantitative estimate of drug-likeness (QED) is 0.672. The third-order valence-corrected chi connectivity index (χ3v) is 4.09. The first-order valence-electron chi connectivity index (χ1n) is 6.88. The minimum atomic E-state index is -0.194. The van der Waals surface area contributed by atoms with Crippen LogP contribution in [0, 0.1) is 11.8 Å². The molecule has 0 spiro atoms. The molecule has 1 saturated carbocycles. The van der Waals surface area contributed by atoms with Crippen molar-refractivity contribution < 1.29 is 14.7 Å². The molecule has 2 amide bonds.